The summed E-state index contributed by atoms with van der Waals surface area (Å²) in [6, 6.07) is 6.45. The van der Waals surface area contributed by atoms with Gasteiger partial charge in [-0.1, -0.05) is 66.0 Å². The first-order chi connectivity index (χ1) is 7.38. The minimum absolute atomic E-state index is 0.234. The van der Waals surface area contributed by atoms with Gasteiger partial charge < -0.3 is 4.74 Å². The number of benzene rings is 1. The molecule has 0 atom stereocenters. The molecule has 0 amide bonds. The highest BCUT2D eigenvalue weighted by Gasteiger charge is 2.32. The van der Waals surface area contributed by atoms with Gasteiger partial charge in [0.15, 0.2) is 2.14 Å². The number of Topliss-reactive ketones (excluding diaryl/α,β-unsaturated/α-hetero) is 1. The third-order valence-corrected chi connectivity index (χ3v) is 2.91. The first kappa shape index (κ1) is 13.9. The van der Waals surface area contributed by atoms with Crippen LogP contribution < -0.4 is 0 Å². The topological polar surface area (TPSA) is 43.4 Å². The van der Waals surface area contributed by atoms with E-state index in [-0.39, 0.29) is 16.9 Å². The van der Waals surface area contributed by atoms with Crippen molar-refractivity contribution in [3.63, 3.8) is 0 Å². The molecule has 0 saturated heterocycles. The average Bonchev–Trinajstić information content (AvgIpc) is 2.25. The van der Waals surface area contributed by atoms with E-state index in [1.165, 1.54) is 13.2 Å². The van der Waals surface area contributed by atoms with E-state index in [1.807, 2.05) is 0 Å². The van der Waals surface area contributed by atoms with Crippen LogP contribution in [0.1, 0.15) is 20.7 Å². The molecule has 0 radical (unpaired) electrons. The Bertz CT molecular complexity index is 424. The number of alkyl halides is 3. The van der Waals surface area contributed by atoms with Gasteiger partial charge in [0, 0.05) is 5.56 Å². The van der Waals surface area contributed by atoms with Crippen LogP contribution in [0.25, 0.3) is 0 Å². The van der Waals surface area contributed by atoms with Crippen LogP contribution in [0, 0.1) is 0 Å². The zero-order chi connectivity index (χ0) is 12.3. The SMILES string of the molecule is COC(=O)c1ccccc1C(=O)C(Br)(Br)Br. The van der Waals surface area contributed by atoms with Crippen LogP contribution in [-0.4, -0.2) is 21.0 Å². The van der Waals surface area contributed by atoms with E-state index in [2.05, 4.69) is 52.5 Å². The fourth-order valence-electron chi connectivity index (χ4n) is 1.12. The molecule has 0 unspecified atom stereocenters. The van der Waals surface area contributed by atoms with Crippen LogP contribution in [0.15, 0.2) is 24.3 Å². The number of ketones is 1. The van der Waals surface area contributed by atoms with Gasteiger partial charge in [0.2, 0.25) is 5.78 Å². The molecule has 0 bridgehead atoms. The maximum absolute atomic E-state index is 12.0. The van der Waals surface area contributed by atoms with E-state index in [0.29, 0.717) is 0 Å². The molecule has 16 heavy (non-hydrogen) atoms. The zero-order valence-corrected chi connectivity index (χ0v) is 12.9. The maximum atomic E-state index is 12.0. The Morgan fingerprint density at radius 1 is 1.12 bits per heavy atom. The monoisotopic (exact) mass is 412 g/mol. The van der Waals surface area contributed by atoms with Crippen molar-refractivity contribution in [1.82, 2.24) is 0 Å². The highest BCUT2D eigenvalue weighted by atomic mass is 80.0. The zero-order valence-electron chi connectivity index (χ0n) is 8.17. The van der Waals surface area contributed by atoms with Crippen LogP contribution in [0.4, 0.5) is 0 Å². The van der Waals surface area contributed by atoms with Crippen LogP contribution in [0.2, 0.25) is 0 Å². The first-order valence-electron chi connectivity index (χ1n) is 4.16. The Labute approximate surface area is 118 Å². The van der Waals surface area contributed by atoms with E-state index in [9.17, 15) is 9.59 Å². The number of carbonyl (C=O) groups excluding carboxylic acids is 2. The summed E-state index contributed by atoms with van der Waals surface area (Å²) in [6.45, 7) is 0. The molecule has 86 valence electrons. The van der Waals surface area contributed by atoms with E-state index in [4.69, 9.17) is 0 Å². The number of carbonyl (C=O) groups is 2. The lowest BCUT2D eigenvalue weighted by atomic mass is 10.0. The van der Waals surface area contributed by atoms with Gasteiger partial charge in [-0.25, -0.2) is 4.79 Å². The second-order valence-corrected chi connectivity index (χ2v) is 9.62. The molecule has 0 heterocycles. The van der Waals surface area contributed by atoms with Crippen molar-refractivity contribution in [1.29, 1.82) is 0 Å². The van der Waals surface area contributed by atoms with Crippen LogP contribution >= 0.6 is 47.8 Å². The molecule has 0 spiro atoms. The number of esters is 1. The number of rotatable bonds is 2. The molecular formula is C10H7Br3O3. The Morgan fingerprint density at radius 2 is 1.62 bits per heavy atom. The third-order valence-electron chi connectivity index (χ3n) is 1.83. The van der Waals surface area contributed by atoms with Crippen molar-refractivity contribution in [2.75, 3.05) is 7.11 Å². The van der Waals surface area contributed by atoms with Gasteiger partial charge in [0.1, 0.15) is 0 Å². The Kier molecular flexibility index (Phi) is 4.70. The van der Waals surface area contributed by atoms with Gasteiger partial charge >= 0.3 is 5.97 Å². The smallest absolute Gasteiger partial charge is 0.338 e. The molecular weight excluding hydrogens is 408 g/mol. The molecule has 0 aliphatic heterocycles. The second kappa shape index (κ2) is 5.42. The van der Waals surface area contributed by atoms with Gasteiger partial charge in [0.05, 0.1) is 12.7 Å². The standard InChI is InChI=1S/C10H7Br3O3/c1-16-9(15)7-5-3-2-4-6(7)8(14)10(11,12)13/h2-5H,1H3. The summed E-state index contributed by atoms with van der Waals surface area (Å²) >= 11 is 9.35. The van der Waals surface area contributed by atoms with E-state index in [1.54, 1.807) is 18.2 Å². The quantitative estimate of drug-likeness (QED) is 0.422. The number of hydrogen-bond donors (Lipinski definition) is 0. The van der Waals surface area contributed by atoms with Crippen LogP contribution in [-0.2, 0) is 4.74 Å². The Hall–Kier alpha value is -0.200. The number of hydrogen-bond acceptors (Lipinski definition) is 3. The van der Waals surface area contributed by atoms with Crippen molar-refractivity contribution in [3.8, 4) is 0 Å². The predicted octanol–water partition coefficient (Wildman–Crippen LogP) is 3.49. The molecule has 0 aliphatic rings. The van der Waals surface area contributed by atoms with Crippen molar-refractivity contribution in [3.05, 3.63) is 35.4 Å². The fraction of sp³-hybridized carbons (Fsp3) is 0.200. The summed E-state index contributed by atoms with van der Waals surface area (Å²) in [5.74, 6) is -0.853. The normalized spacial score (nSPS) is 11.0. The summed E-state index contributed by atoms with van der Waals surface area (Å²) in [4.78, 5) is 23.4. The largest absolute Gasteiger partial charge is 0.465 e. The number of ether oxygens (including phenoxy) is 1. The first-order valence-corrected chi connectivity index (χ1v) is 6.54. The summed E-state index contributed by atoms with van der Waals surface area (Å²) in [7, 11) is 1.27. The molecule has 3 nitrogen and oxygen atoms in total. The average molecular weight is 415 g/mol. The summed E-state index contributed by atoms with van der Waals surface area (Å²) < 4.78 is 3.53. The minimum atomic E-state index is -1.07. The van der Waals surface area contributed by atoms with E-state index in [0.717, 1.165) is 0 Å². The Balaban J connectivity index is 3.24. The van der Waals surface area contributed by atoms with Crippen molar-refractivity contribution in [2.24, 2.45) is 0 Å². The van der Waals surface area contributed by atoms with Crippen molar-refractivity contribution in [2.45, 2.75) is 2.14 Å². The lowest BCUT2D eigenvalue weighted by molar-refractivity contribution is 0.0597. The van der Waals surface area contributed by atoms with Gasteiger partial charge in [-0.2, -0.15) is 0 Å². The molecule has 0 saturated carbocycles. The van der Waals surface area contributed by atoms with Crippen molar-refractivity contribution >= 4 is 59.5 Å². The van der Waals surface area contributed by atoms with E-state index < -0.39 is 8.11 Å². The molecule has 0 N–H and O–H groups in total. The lowest BCUT2D eigenvalue weighted by Crippen LogP contribution is -2.20. The number of halogens is 3. The van der Waals surface area contributed by atoms with Gasteiger partial charge in [-0.05, 0) is 6.07 Å². The van der Waals surface area contributed by atoms with Gasteiger partial charge in [-0.3, -0.25) is 4.79 Å². The molecule has 1 aromatic carbocycles. The van der Waals surface area contributed by atoms with Gasteiger partial charge in [0.25, 0.3) is 0 Å². The number of methoxy groups -OCH3 is 1. The molecule has 1 aromatic rings. The van der Waals surface area contributed by atoms with Crippen LogP contribution in [0.3, 0.4) is 0 Å². The third kappa shape index (κ3) is 3.15. The van der Waals surface area contributed by atoms with E-state index >= 15 is 0 Å². The summed E-state index contributed by atoms with van der Waals surface area (Å²) in [5.41, 5.74) is 0.512. The molecule has 0 aliphatic carbocycles. The fourth-order valence-corrected chi connectivity index (χ4v) is 1.76. The van der Waals surface area contributed by atoms with Gasteiger partial charge in [-0.15, -0.1) is 0 Å². The highest BCUT2D eigenvalue weighted by molar-refractivity contribution is 9.40. The predicted molar refractivity (Wildman–Crippen MR) is 71.6 cm³/mol. The summed E-state index contributed by atoms with van der Waals surface area (Å²) in [5, 5.41) is 0. The minimum Gasteiger partial charge on any atom is -0.465 e. The maximum Gasteiger partial charge on any atom is 0.338 e. The second-order valence-electron chi connectivity index (χ2n) is 2.86. The molecule has 0 aromatic heterocycles. The molecule has 0 fully saturated rings. The molecule has 6 heteroatoms. The Morgan fingerprint density at radius 3 is 2.06 bits per heavy atom. The van der Waals surface area contributed by atoms with Crippen molar-refractivity contribution < 1.29 is 14.3 Å². The molecule has 1 rings (SSSR count). The highest BCUT2D eigenvalue weighted by Crippen LogP contribution is 2.37. The lowest BCUT2D eigenvalue weighted by Gasteiger charge is -2.13. The summed E-state index contributed by atoms with van der Waals surface area (Å²) in [6.07, 6.45) is 0. The van der Waals surface area contributed by atoms with Crippen LogP contribution in [0.5, 0.6) is 0 Å².